The molecule has 104 valence electrons. The van der Waals surface area contributed by atoms with Crippen LogP contribution in [-0.4, -0.2) is 5.11 Å². The summed E-state index contributed by atoms with van der Waals surface area (Å²) in [6.45, 7) is 3.97. The molecule has 2 atom stereocenters. The fourth-order valence-electron chi connectivity index (χ4n) is 2.34. The van der Waals surface area contributed by atoms with Gasteiger partial charge in [0.25, 0.3) is 0 Å². The van der Waals surface area contributed by atoms with Gasteiger partial charge in [-0.25, -0.2) is 0 Å². The van der Waals surface area contributed by atoms with E-state index in [0.29, 0.717) is 0 Å². The molecule has 2 heteroatoms. The molecule has 0 bridgehead atoms. The maximum absolute atomic E-state index is 10.5. The number of aliphatic hydroxyl groups excluding tert-OH is 1. The van der Waals surface area contributed by atoms with Gasteiger partial charge in [0.15, 0.2) is 0 Å². The third kappa shape index (κ3) is 4.06. The number of halogens is 1. The van der Waals surface area contributed by atoms with Gasteiger partial charge < -0.3 is 5.11 Å². The summed E-state index contributed by atoms with van der Waals surface area (Å²) in [5.74, 6) is 0.0117. The zero-order valence-corrected chi connectivity index (χ0v) is 13.0. The molecule has 0 saturated heterocycles. The third-order valence-electron chi connectivity index (χ3n) is 3.51. The highest BCUT2D eigenvalue weighted by Gasteiger charge is 2.22. The summed E-state index contributed by atoms with van der Waals surface area (Å²) in [4.78, 5) is 0. The van der Waals surface area contributed by atoms with E-state index in [1.807, 2.05) is 48.5 Å². The second-order valence-corrected chi connectivity index (χ2v) is 5.95. The van der Waals surface area contributed by atoms with Gasteiger partial charge >= 0.3 is 0 Å². The Morgan fingerprint density at radius 2 is 1.55 bits per heavy atom. The van der Waals surface area contributed by atoms with Gasteiger partial charge in [-0.15, -0.1) is 0 Å². The highest BCUT2D eigenvalue weighted by atomic mass is 79.9. The van der Waals surface area contributed by atoms with Crippen LogP contribution in [0.5, 0.6) is 0 Å². The van der Waals surface area contributed by atoms with Crippen molar-refractivity contribution in [1.29, 1.82) is 0 Å². The van der Waals surface area contributed by atoms with Crippen molar-refractivity contribution in [2.24, 2.45) is 5.92 Å². The Balaban J connectivity index is 2.06. The molecule has 0 saturated carbocycles. The van der Waals surface area contributed by atoms with Gasteiger partial charge in [-0.1, -0.05) is 83.2 Å². The third-order valence-corrected chi connectivity index (χ3v) is 4.10. The molecular formula is C18H19BrO. The van der Waals surface area contributed by atoms with E-state index in [1.165, 1.54) is 5.56 Å². The van der Waals surface area contributed by atoms with Crippen LogP contribution in [0, 0.1) is 5.92 Å². The Bertz CT molecular complexity index is 536. The zero-order chi connectivity index (χ0) is 14.4. The normalized spacial score (nSPS) is 13.7. The summed E-state index contributed by atoms with van der Waals surface area (Å²) >= 11 is 3.46. The molecule has 1 N–H and O–H groups in total. The van der Waals surface area contributed by atoms with Crippen LogP contribution in [0.25, 0.3) is 0 Å². The SMILES string of the molecule is C=C(Br)[C@H](CCc1ccccc1)[C@@H](O)c1ccccc1. The van der Waals surface area contributed by atoms with Gasteiger partial charge in [0.05, 0.1) is 6.10 Å². The molecule has 2 rings (SSSR count). The average Bonchev–Trinajstić information content (AvgIpc) is 2.49. The monoisotopic (exact) mass is 330 g/mol. The van der Waals surface area contributed by atoms with Crippen molar-refractivity contribution in [2.75, 3.05) is 0 Å². The first-order valence-corrected chi connectivity index (χ1v) is 7.59. The summed E-state index contributed by atoms with van der Waals surface area (Å²) in [5.41, 5.74) is 2.22. The molecule has 0 fully saturated rings. The van der Waals surface area contributed by atoms with Gasteiger partial charge in [-0.05, 0) is 28.5 Å². The molecule has 0 amide bonds. The average molecular weight is 331 g/mol. The Kier molecular flexibility index (Phi) is 5.57. The maximum Gasteiger partial charge on any atom is 0.0863 e. The first kappa shape index (κ1) is 15.0. The van der Waals surface area contributed by atoms with Crippen LogP contribution in [0.15, 0.2) is 71.7 Å². The molecule has 0 aromatic heterocycles. The van der Waals surface area contributed by atoms with E-state index in [1.54, 1.807) is 0 Å². The first-order chi connectivity index (χ1) is 9.68. The number of aliphatic hydroxyl groups is 1. The van der Waals surface area contributed by atoms with Crippen LogP contribution in [0.1, 0.15) is 23.7 Å². The summed E-state index contributed by atoms with van der Waals surface area (Å²) < 4.78 is 0.852. The number of hydrogen-bond acceptors (Lipinski definition) is 1. The molecule has 2 aromatic carbocycles. The van der Waals surface area contributed by atoms with E-state index in [2.05, 4.69) is 34.6 Å². The maximum atomic E-state index is 10.5. The lowest BCUT2D eigenvalue weighted by Gasteiger charge is -2.22. The van der Waals surface area contributed by atoms with Crippen LogP contribution < -0.4 is 0 Å². The Morgan fingerprint density at radius 1 is 1.00 bits per heavy atom. The van der Waals surface area contributed by atoms with Crippen molar-refractivity contribution in [2.45, 2.75) is 18.9 Å². The van der Waals surface area contributed by atoms with Gasteiger partial charge in [0.1, 0.15) is 0 Å². The Hall–Kier alpha value is -1.38. The molecule has 2 aromatic rings. The fourth-order valence-corrected chi connectivity index (χ4v) is 2.81. The minimum atomic E-state index is -0.521. The lowest BCUT2D eigenvalue weighted by Crippen LogP contribution is -2.13. The molecular weight excluding hydrogens is 312 g/mol. The standard InChI is InChI=1S/C18H19BrO/c1-14(19)17(13-12-15-8-4-2-5-9-15)18(20)16-10-6-3-7-11-16/h2-11,17-18,20H,1,12-13H2/t17-,18-/m0/s1. The fraction of sp³-hybridized carbons (Fsp3) is 0.222. The van der Waals surface area contributed by atoms with Crippen LogP contribution in [0.3, 0.4) is 0 Å². The number of aryl methyl sites for hydroxylation is 1. The number of hydrogen-bond donors (Lipinski definition) is 1. The van der Waals surface area contributed by atoms with Crippen LogP contribution in [0.4, 0.5) is 0 Å². The van der Waals surface area contributed by atoms with Gasteiger partial charge in [0, 0.05) is 5.92 Å². The van der Waals surface area contributed by atoms with Crippen molar-refractivity contribution in [1.82, 2.24) is 0 Å². The number of benzene rings is 2. The molecule has 0 aliphatic carbocycles. The van der Waals surface area contributed by atoms with E-state index >= 15 is 0 Å². The molecule has 0 aliphatic rings. The summed E-state index contributed by atoms with van der Waals surface area (Å²) in [5, 5.41) is 10.5. The van der Waals surface area contributed by atoms with E-state index in [-0.39, 0.29) is 5.92 Å². The van der Waals surface area contributed by atoms with Crippen LogP contribution in [-0.2, 0) is 6.42 Å². The summed E-state index contributed by atoms with van der Waals surface area (Å²) in [6, 6.07) is 20.1. The van der Waals surface area contributed by atoms with E-state index in [9.17, 15) is 5.11 Å². The minimum absolute atomic E-state index is 0.0117. The molecule has 0 radical (unpaired) electrons. The van der Waals surface area contributed by atoms with Crippen molar-refractivity contribution in [3.8, 4) is 0 Å². The van der Waals surface area contributed by atoms with E-state index < -0.39 is 6.10 Å². The van der Waals surface area contributed by atoms with Gasteiger partial charge in [-0.3, -0.25) is 0 Å². The second-order valence-electron chi connectivity index (χ2n) is 4.93. The topological polar surface area (TPSA) is 20.2 Å². The van der Waals surface area contributed by atoms with E-state index in [4.69, 9.17) is 0 Å². The minimum Gasteiger partial charge on any atom is -0.388 e. The van der Waals surface area contributed by atoms with Crippen molar-refractivity contribution < 1.29 is 5.11 Å². The summed E-state index contributed by atoms with van der Waals surface area (Å²) in [7, 11) is 0. The first-order valence-electron chi connectivity index (χ1n) is 6.79. The van der Waals surface area contributed by atoms with Crippen molar-refractivity contribution >= 4 is 15.9 Å². The largest absolute Gasteiger partial charge is 0.388 e. The predicted octanol–water partition coefficient (Wildman–Crippen LogP) is 4.88. The summed E-state index contributed by atoms with van der Waals surface area (Å²) in [6.07, 6.45) is 1.27. The van der Waals surface area contributed by atoms with Crippen LogP contribution >= 0.6 is 15.9 Å². The lowest BCUT2D eigenvalue weighted by molar-refractivity contribution is 0.126. The molecule has 0 heterocycles. The van der Waals surface area contributed by atoms with Crippen molar-refractivity contribution in [3.05, 3.63) is 82.9 Å². The molecule has 20 heavy (non-hydrogen) atoms. The van der Waals surface area contributed by atoms with E-state index in [0.717, 1.165) is 22.9 Å². The van der Waals surface area contributed by atoms with Crippen molar-refractivity contribution in [3.63, 3.8) is 0 Å². The number of rotatable bonds is 6. The molecule has 0 spiro atoms. The molecule has 0 unspecified atom stereocenters. The van der Waals surface area contributed by atoms with Gasteiger partial charge in [0.2, 0.25) is 0 Å². The van der Waals surface area contributed by atoms with Crippen LogP contribution in [0.2, 0.25) is 0 Å². The highest BCUT2D eigenvalue weighted by Crippen LogP contribution is 2.33. The lowest BCUT2D eigenvalue weighted by atomic mass is 9.90. The second kappa shape index (κ2) is 7.41. The Labute approximate surface area is 129 Å². The zero-order valence-electron chi connectivity index (χ0n) is 11.4. The Morgan fingerprint density at radius 3 is 2.10 bits per heavy atom. The smallest absolute Gasteiger partial charge is 0.0863 e. The van der Waals surface area contributed by atoms with Gasteiger partial charge in [-0.2, -0.15) is 0 Å². The predicted molar refractivity (Wildman–Crippen MR) is 87.7 cm³/mol. The highest BCUT2D eigenvalue weighted by molar-refractivity contribution is 9.11. The quantitative estimate of drug-likeness (QED) is 0.800. The molecule has 0 aliphatic heterocycles. The molecule has 1 nitrogen and oxygen atoms in total.